The summed E-state index contributed by atoms with van der Waals surface area (Å²) in [4.78, 5) is 35.5. The van der Waals surface area contributed by atoms with Crippen LogP contribution in [-0.2, 0) is 22.6 Å². The molecule has 8 heteroatoms. The van der Waals surface area contributed by atoms with E-state index in [-0.39, 0.29) is 24.6 Å². The predicted molar refractivity (Wildman–Crippen MR) is 135 cm³/mol. The van der Waals surface area contributed by atoms with Crippen molar-refractivity contribution in [1.82, 2.24) is 5.32 Å². The number of rotatable bonds is 9. The molecule has 0 saturated carbocycles. The number of nitrogens with one attached hydrogen (secondary N) is 1. The number of carbonyl (C=O) groups excluding carboxylic acids is 2. The lowest BCUT2D eigenvalue weighted by Crippen LogP contribution is -2.27. The monoisotopic (exact) mass is 486 g/mol. The topological polar surface area (TPSA) is 112 Å². The smallest absolute Gasteiger partial charge is 0.310 e. The molecule has 0 unspecified atom stereocenters. The number of para-hydroxylation sites is 1. The van der Waals surface area contributed by atoms with E-state index >= 15 is 0 Å². The van der Waals surface area contributed by atoms with Crippen molar-refractivity contribution in [1.29, 1.82) is 0 Å². The fourth-order valence-electron chi connectivity index (χ4n) is 3.73. The Morgan fingerprint density at radius 2 is 1.64 bits per heavy atom. The predicted octanol–water partition coefficient (Wildman–Crippen LogP) is 5.68. The lowest BCUT2D eigenvalue weighted by atomic mass is 10.0. The van der Waals surface area contributed by atoms with Crippen molar-refractivity contribution in [3.05, 3.63) is 99.6 Å². The normalized spacial score (nSPS) is 11.0. The molecular weight excluding hydrogens is 460 g/mol. The highest BCUT2D eigenvalue weighted by Crippen LogP contribution is 2.33. The number of carbonyl (C=O) groups is 2. The first-order valence-corrected chi connectivity index (χ1v) is 11.6. The zero-order chi connectivity index (χ0) is 25.7. The minimum Gasteiger partial charge on any atom is -0.461 e. The molecule has 0 atom stereocenters. The van der Waals surface area contributed by atoms with Crippen molar-refractivity contribution in [3.63, 3.8) is 0 Å². The second kappa shape index (κ2) is 10.9. The van der Waals surface area contributed by atoms with Gasteiger partial charge in [0.05, 0.1) is 16.9 Å². The van der Waals surface area contributed by atoms with Crippen LogP contribution in [0.3, 0.4) is 0 Å². The summed E-state index contributed by atoms with van der Waals surface area (Å²) < 4.78 is 11.4. The van der Waals surface area contributed by atoms with Gasteiger partial charge in [-0.1, -0.05) is 68.4 Å². The Balaban J connectivity index is 1.45. The van der Waals surface area contributed by atoms with Crippen molar-refractivity contribution < 1.29 is 23.7 Å². The fraction of sp³-hybridized carbons (Fsp3) is 0.214. The van der Waals surface area contributed by atoms with Crippen LogP contribution >= 0.6 is 0 Å². The molecule has 36 heavy (non-hydrogen) atoms. The number of fused-ring (bicyclic) bond motifs is 1. The van der Waals surface area contributed by atoms with Crippen LogP contribution in [0.15, 0.2) is 77.2 Å². The van der Waals surface area contributed by atoms with Crippen LogP contribution in [0.5, 0.6) is 0 Å². The van der Waals surface area contributed by atoms with E-state index < -0.39 is 10.9 Å². The number of non-ortho nitro benzene ring substituents is 1. The van der Waals surface area contributed by atoms with Gasteiger partial charge in [0, 0.05) is 29.6 Å². The number of esters is 1. The van der Waals surface area contributed by atoms with Gasteiger partial charge in [0.2, 0.25) is 0 Å². The number of hydrogen-bond donors (Lipinski definition) is 1. The van der Waals surface area contributed by atoms with Gasteiger partial charge in [0.25, 0.3) is 11.6 Å². The van der Waals surface area contributed by atoms with Gasteiger partial charge in [0.15, 0.2) is 0 Å². The Labute approximate surface area is 208 Å². The van der Waals surface area contributed by atoms with Crippen LogP contribution in [0.2, 0.25) is 0 Å². The number of ether oxygens (including phenoxy) is 1. The summed E-state index contributed by atoms with van der Waals surface area (Å²) in [7, 11) is 0. The molecule has 0 radical (unpaired) electrons. The quantitative estimate of drug-likeness (QED) is 0.185. The van der Waals surface area contributed by atoms with Gasteiger partial charge in [-0.3, -0.25) is 19.7 Å². The average molecular weight is 487 g/mol. The molecule has 0 spiro atoms. The summed E-state index contributed by atoms with van der Waals surface area (Å²) in [6, 6.07) is 20.5. The van der Waals surface area contributed by atoms with Crippen LogP contribution in [-0.4, -0.2) is 23.3 Å². The average Bonchev–Trinajstić information content (AvgIpc) is 3.26. The summed E-state index contributed by atoms with van der Waals surface area (Å²) in [6.45, 7) is 4.70. The Morgan fingerprint density at radius 3 is 2.31 bits per heavy atom. The molecule has 4 rings (SSSR count). The first kappa shape index (κ1) is 24.7. The van der Waals surface area contributed by atoms with Crippen LogP contribution in [0.25, 0.3) is 22.3 Å². The molecule has 0 aliphatic heterocycles. The largest absolute Gasteiger partial charge is 0.461 e. The molecule has 1 N–H and O–H groups in total. The summed E-state index contributed by atoms with van der Waals surface area (Å²) >= 11 is 0. The zero-order valence-electron chi connectivity index (χ0n) is 20.0. The summed E-state index contributed by atoms with van der Waals surface area (Å²) in [6.07, 6.45) is 0.0178. The van der Waals surface area contributed by atoms with Crippen LogP contribution in [0.1, 0.15) is 35.3 Å². The minimum absolute atomic E-state index is 0.0178. The molecular formula is C28H26N2O6. The Kier molecular flexibility index (Phi) is 7.44. The molecule has 8 nitrogen and oxygen atoms in total. The molecule has 0 fully saturated rings. The van der Waals surface area contributed by atoms with Crippen molar-refractivity contribution in [2.24, 2.45) is 5.92 Å². The van der Waals surface area contributed by atoms with Crippen LogP contribution in [0.4, 0.5) is 5.69 Å². The molecule has 0 saturated heterocycles. The molecule has 184 valence electrons. The van der Waals surface area contributed by atoms with E-state index in [1.54, 1.807) is 0 Å². The molecule has 0 aliphatic rings. The van der Waals surface area contributed by atoms with E-state index in [0.29, 0.717) is 34.9 Å². The minimum atomic E-state index is -0.488. The molecule has 1 amide bonds. The number of nitro groups is 1. The highest BCUT2D eigenvalue weighted by molar-refractivity contribution is 6.11. The number of amides is 1. The first-order chi connectivity index (χ1) is 17.3. The highest BCUT2D eigenvalue weighted by Gasteiger charge is 2.22. The second-order valence-electron chi connectivity index (χ2n) is 8.86. The maximum Gasteiger partial charge on any atom is 0.310 e. The van der Waals surface area contributed by atoms with Crippen molar-refractivity contribution in [3.8, 4) is 11.3 Å². The SMILES string of the molecule is CC(C)CNC(=O)c1c(-c2ccc(COC(=O)Cc3ccc([N+](=O)[O-])cc3)cc2)oc2ccccc12. The lowest BCUT2D eigenvalue weighted by molar-refractivity contribution is -0.384. The first-order valence-electron chi connectivity index (χ1n) is 11.6. The van der Waals surface area contributed by atoms with Gasteiger partial charge in [0.1, 0.15) is 18.0 Å². The Hall–Kier alpha value is -4.46. The molecule has 1 aromatic heterocycles. The second-order valence-corrected chi connectivity index (χ2v) is 8.86. The molecule has 0 bridgehead atoms. The van der Waals surface area contributed by atoms with Crippen molar-refractivity contribution in [2.75, 3.05) is 6.54 Å². The van der Waals surface area contributed by atoms with E-state index in [1.165, 1.54) is 24.3 Å². The van der Waals surface area contributed by atoms with Gasteiger partial charge in [-0.2, -0.15) is 0 Å². The lowest BCUT2D eigenvalue weighted by Gasteiger charge is -2.09. The number of benzene rings is 3. The molecule has 1 heterocycles. The standard InChI is InChI=1S/C28H26N2O6/c1-18(2)16-29-28(32)26-23-5-3-4-6-24(23)36-27(26)21-11-7-20(8-12-21)17-35-25(31)15-19-9-13-22(14-10-19)30(33)34/h3-14,18H,15-17H2,1-2H3,(H,29,32). The van der Waals surface area contributed by atoms with Gasteiger partial charge >= 0.3 is 5.97 Å². The highest BCUT2D eigenvalue weighted by atomic mass is 16.6. The Bertz CT molecular complexity index is 1390. The van der Waals surface area contributed by atoms with Crippen LogP contribution < -0.4 is 5.32 Å². The van der Waals surface area contributed by atoms with E-state index in [0.717, 1.165) is 16.5 Å². The van der Waals surface area contributed by atoms with Gasteiger partial charge in [-0.05, 0) is 23.1 Å². The zero-order valence-corrected chi connectivity index (χ0v) is 20.0. The van der Waals surface area contributed by atoms with E-state index in [4.69, 9.17) is 9.15 Å². The van der Waals surface area contributed by atoms with E-state index in [1.807, 2.05) is 62.4 Å². The third-order valence-electron chi connectivity index (χ3n) is 5.60. The van der Waals surface area contributed by atoms with Crippen molar-refractivity contribution in [2.45, 2.75) is 26.9 Å². The molecule has 0 aliphatic carbocycles. The van der Waals surface area contributed by atoms with E-state index in [2.05, 4.69) is 5.32 Å². The number of hydrogen-bond acceptors (Lipinski definition) is 6. The Morgan fingerprint density at radius 1 is 0.972 bits per heavy atom. The number of furan rings is 1. The van der Waals surface area contributed by atoms with Gasteiger partial charge in [-0.15, -0.1) is 0 Å². The number of nitrogens with zero attached hydrogens (tertiary/aromatic N) is 1. The third kappa shape index (κ3) is 5.78. The maximum absolute atomic E-state index is 13.0. The molecule has 3 aromatic carbocycles. The summed E-state index contributed by atoms with van der Waals surface area (Å²) in [5.74, 6) is 0.180. The molecule has 4 aromatic rings. The maximum atomic E-state index is 13.0. The third-order valence-corrected chi connectivity index (χ3v) is 5.60. The van der Waals surface area contributed by atoms with Crippen LogP contribution in [0, 0.1) is 16.0 Å². The number of nitro benzene ring substituents is 1. The van der Waals surface area contributed by atoms with Gasteiger partial charge in [-0.25, -0.2) is 0 Å². The van der Waals surface area contributed by atoms with Gasteiger partial charge < -0.3 is 14.5 Å². The van der Waals surface area contributed by atoms with E-state index in [9.17, 15) is 19.7 Å². The fourth-order valence-corrected chi connectivity index (χ4v) is 3.73. The van der Waals surface area contributed by atoms with Crippen molar-refractivity contribution >= 4 is 28.5 Å². The summed E-state index contributed by atoms with van der Waals surface area (Å²) in [5.41, 5.74) is 3.24. The summed E-state index contributed by atoms with van der Waals surface area (Å²) in [5, 5.41) is 14.5.